The fraction of sp³-hybridized carbons (Fsp3) is 0.500. The molecule has 0 aromatic heterocycles. The van der Waals surface area contributed by atoms with Gasteiger partial charge in [-0.3, -0.25) is 4.79 Å². The molecule has 0 saturated carbocycles. The predicted octanol–water partition coefficient (Wildman–Crippen LogP) is 0.530. The number of ether oxygens (including phenoxy) is 1. The van der Waals surface area contributed by atoms with Crippen molar-refractivity contribution in [2.24, 2.45) is 0 Å². The molecule has 0 aromatic carbocycles. The first-order chi connectivity index (χ1) is 3.83. The first kappa shape index (κ1) is 5.51. The van der Waals surface area contributed by atoms with Gasteiger partial charge in [0.1, 0.15) is 0 Å². The Morgan fingerprint density at radius 1 is 1.88 bits per heavy atom. The molecule has 0 spiro atoms. The Morgan fingerprint density at radius 3 is 2.88 bits per heavy atom. The van der Waals surface area contributed by atoms with Gasteiger partial charge < -0.3 is 4.74 Å². The zero-order valence-corrected chi connectivity index (χ0v) is 4.76. The standard InChI is InChI=1S/C6H8O2/c1-8-6-3-2-5(7)4-6/h2-3,6H,4H2,1H3/t6-/m0/s1. The average Bonchev–Trinajstić information content (AvgIpc) is 2.14. The van der Waals surface area contributed by atoms with Gasteiger partial charge in [-0.1, -0.05) is 6.08 Å². The molecule has 0 N–H and O–H groups in total. The summed E-state index contributed by atoms with van der Waals surface area (Å²) >= 11 is 0. The zero-order chi connectivity index (χ0) is 5.98. The number of methoxy groups -OCH3 is 1. The van der Waals surface area contributed by atoms with Crippen molar-refractivity contribution >= 4 is 5.78 Å². The minimum Gasteiger partial charge on any atom is -0.377 e. The summed E-state index contributed by atoms with van der Waals surface area (Å²) in [5.41, 5.74) is 0. The van der Waals surface area contributed by atoms with E-state index in [0.717, 1.165) is 0 Å². The average molecular weight is 112 g/mol. The molecule has 0 heterocycles. The van der Waals surface area contributed by atoms with Crippen LogP contribution in [0, 0.1) is 0 Å². The fourth-order valence-corrected chi connectivity index (χ4v) is 0.711. The molecule has 2 heteroatoms. The molecule has 1 rings (SSSR count). The molecule has 1 aliphatic rings. The monoisotopic (exact) mass is 112 g/mol. The van der Waals surface area contributed by atoms with Crippen molar-refractivity contribution in [3.05, 3.63) is 12.2 Å². The van der Waals surface area contributed by atoms with Crippen LogP contribution in [0.15, 0.2) is 12.2 Å². The van der Waals surface area contributed by atoms with E-state index in [1.165, 1.54) is 0 Å². The minimum atomic E-state index is 0.0440. The highest BCUT2D eigenvalue weighted by molar-refractivity contribution is 5.92. The zero-order valence-electron chi connectivity index (χ0n) is 4.76. The van der Waals surface area contributed by atoms with Crippen molar-refractivity contribution in [3.8, 4) is 0 Å². The third-order valence-corrected chi connectivity index (χ3v) is 1.20. The van der Waals surface area contributed by atoms with E-state index in [1.54, 1.807) is 19.3 Å². The summed E-state index contributed by atoms with van der Waals surface area (Å²) in [6, 6.07) is 0. The molecule has 0 radical (unpaired) electrons. The normalized spacial score (nSPS) is 27.1. The highest BCUT2D eigenvalue weighted by Crippen LogP contribution is 2.07. The van der Waals surface area contributed by atoms with Gasteiger partial charge in [-0.05, 0) is 6.08 Å². The van der Waals surface area contributed by atoms with Gasteiger partial charge in [0.15, 0.2) is 5.78 Å². The van der Waals surface area contributed by atoms with Crippen LogP contribution in [-0.4, -0.2) is 19.0 Å². The SMILES string of the molecule is CO[C@H]1C=CC(=O)C1. The van der Waals surface area contributed by atoms with E-state index >= 15 is 0 Å². The molecule has 8 heavy (non-hydrogen) atoms. The summed E-state index contributed by atoms with van der Waals surface area (Å²) in [5.74, 6) is 0.164. The predicted molar refractivity (Wildman–Crippen MR) is 29.6 cm³/mol. The molecule has 1 atom stereocenters. The molecule has 0 aromatic rings. The van der Waals surface area contributed by atoms with Gasteiger partial charge in [0.2, 0.25) is 0 Å². The van der Waals surface area contributed by atoms with E-state index in [-0.39, 0.29) is 11.9 Å². The Hall–Kier alpha value is -0.630. The molecular formula is C6H8O2. The van der Waals surface area contributed by atoms with Crippen molar-refractivity contribution in [2.75, 3.05) is 7.11 Å². The van der Waals surface area contributed by atoms with Gasteiger partial charge >= 0.3 is 0 Å². The van der Waals surface area contributed by atoms with E-state index in [0.29, 0.717) is 6.42 Å². The summed E-state index contributed by atoms with van der Waals surface area (Å²) in [7, 11) is 1.60. The van der Waals surface area contributed by atoms with E-state index in [1.807, 2.05) is 0 Å². The lowest BCUT2D eigenvalue weighted by Crippen LogP contribution is -2.04. The molecule has 44 valence electrons. The van der Waals surface area contributed by atoms with Crippen LogP contribution < -0.4 is 0 Å². The van der Waals surface area contributed by atoms with E-state index in [4.69, 9.17) is 4.74 Å². The highest BCUT2D eigenvalue weighted by Gasteiger charge is 2.13. The Balaban J connectivity index is 2.46. The van der Waals surface area contributed by atoms with E-state index in [9.17, 15) is 4.79 Å². The lowest BCUT2D eigenvalue weighted by atomic mass is 10.3. The Morgan fingerprint density at radius 2 is 2.62 bits per heavy atom. The minimum absolute atomic E-state index is 0.0440. The van der Waals surface area contributed by atoms with E-state index in [2.05, 4.69) is 0 Å². The number of carbonyl (C=O) groups is 1. The highest BCUT2D eigenvalue weighted by atomic mass is 16.5. The van der Waals surface area contributed by atoms with Crippen molar-refractivity contribution < 1.29 is 9.53 Å². The number of rotatable bonds is 1. The van der Waals surface area contributed by atoms with Gasteiger partial charge in [-0.25, -0.2) is 0 Å². The summed E-state index contributed by atoms with van der Waals surface area (Å²) in [6.45, 7) is 0. The van der Waals surface area contributed by atoms with Crippen LogP contribution in [0.1, 0.15) is 6.42 Å². The lowest BCUT2D eigenvalue weighted by Gasteiger charge is -1.99. The molecule has 0 bridgehead atoms. The third kappa shape index (κ3) is 0.954. The first-order valence-electron chi connectivity index (χ1n) is 2.57. The molecule has 0 amide bonds. The smallest absolute Gasteiger partial charge is 0.158 e. The number of carbonyl (C=O) groups excluding carboxylic acids is 1. The van der Waals surface area contributed by atoms with E-state index < -0.39 is 0 Å². The first-order valence-corrected chi connectivity index (χ1v) is 2.57. The maximum Gasteiger partial charge on any atom is 0.158 e. The maximum atomic E-state index is 10.4. The quantitative estimate of drug-likeness (QED) is 0.494. The number of hydrogen-bond acceptors (Lipinski definition) is 2. The third-order valence-electron chi connectivity index (χ3n) is 1.20. The Kier molecular flexibility index (Phi) is 1.44. The van der Waals surface area contributed by atoms with Gasteiger partial charge in [-0.15, -0.1) is 0 Å². The topological polar surface area (TPSA) is 26.3 Å². The van der Waals surface area contributed by atoms with Gasteiger partial charge in [0, 0.05) is 13.5 Å². The van der Waals surface area contributed by atoms with Crippen LogP contribution in [0.3, 0.4) is 0 Å². The van der Waals surface area contributed by atoms with Gasteiger partial charge in [-0.2, -0.15) is 0 Å². The molecule has 0 aliphatic heterocycles. The molecule has 0 saturated heterocycles. The maximum absolute atomic E-state index is 10.4. The summed E-state index contributed by atoms with van der Waals surface area (Å²) in [5, 5.41) is 0. The van der Waals surface area contributed by atoms with Crippen LogP contribution in [0.5, 0.6) is 0 Å². The summed E-state index contributed by atoms with van der Waals surface area (Å²) < 4.78 is 4.87. The Bertz CT molecular complexity index is 126. The second kappa shape index (κ2) is 2.09. The van der Waals surface area contributed by atoms with Crippen molar-refractivity contribution in [1.29, 1.82) is 0 Å². The number of ketones is 1. The van der Waals surface area contributed by atoms with Crippen LogP contribution >= 0.6 is 0 Å². The molecule has 0 fully saturated rings. The molecular weight excluding hydrogens is 104 g/mol. The van der Waals surface area contributed by atoms with Gasteiger partial charge in [0.25, 0.3) is 0 Å². The van der Waals surface area contributed by atoms with Crippen molar-refractivity contribution in [1.82, 2.24) is 0 Å². The number of hydrogen-bond donors (Lipinski definition) is 0. The second-order valence-electron chi connectivity index (χ2n) is 1.80. The van der Waals surface area contributed by atoms with Crippen molar-refractivity contribution in [3.63, 3.8) is 0 Å². The van der Waals surface area contributed by atoms with Crippen LogP contribution in [0.25, 0.3) is 0 Å². The summed E-state index contributed by atoms with van der Waals surface area (Å²) in [6.07, 6.45) is 3.91. The van der Waals surface area contributed by atoms with Gasteiger partial charge in [0.05, 0.1) is 6.10 Å². The largest absolute Gasteiger partial charge is 0.377 e. The van der Waals surface area contributed by atoms with Crippen LogP contribution in [-0.2, 0) is 9.53 Å². The molecule has 0 unspecified atom stereocenters. The van der Waals surface area contributed by atoms with Crippen LogP contribution in [0.4, 0.5) is 0 Å². The van der Waals surface area contributed by atoms with Crippen molar-refractivity contribution in [2.45, 2.75) is 12.5 Å². The molecule has 1 aliphatic carbocycles. The lowest BCUT2D eigenvalue weighted by molar-refractivity contribution is -0.115. The Labute approximate surface area is 48.1 Å². The second-order valence-corrected chi connectivity index (χ2v) is 1.80. The summed E-state index contributed by atoms with van der Waals surface area (Å²) in [4.78, 5) is 10.4. The van der Waals surface area contributed by atoms with Crippen LogP contribution in [0.2, 0.25) is 0 Å². The fourth-order valence-electron chi connectivity index (χ4n) is 0.711. The number of allylic oxidation sites excluding steroid dienone is 1. The molecule has 2 nitrogen and oxygen atoms in total.